The first-order valence-corrected chi connectivity index (χ1v) is 5.57. The average Bonchev–Trinajstić information content (AvgIpc) is 2.67. The maximum absolute atomic E-state index is 5.98. The first-order valence-electron chi connectivity index (χ1n) is 5.20. The molecular formula is C13H13ClN2. The number of hydrogen-bond acceptors (Lipinski definition) is 1. The van der Waals surface area contributed by atoms with E-state index in [0.29, 0.717) is 6.54 Å². The van der Waals surface area contributed by atoms with Crippen molar-refractivity contribution in [1.82, 2.24) is 9.88 Å². The standard InChI is InChI=1S/C13H13ClN2/c1-2-6-15-7-9-16-8-5-11-3-4-12(14)10-13(11)16/h1,3-5,8,10,15H,6-7,9H2. The Morgan fingerprint density at radius 3 is 3.06 bits per heavy atom. The van der Waals surface area contributed by atoms with Crippen LogP contribution in [0.2, 0.25) is 5.02 Å². The predicted octanol–water partition coefficient (Wildman–Crippen LogP) is 2.52. The van der Waals surface area contributed by atoms with E-state index in [1.807, 2.05) is 18.2 Å². The Bertz CT molecular complexity index is 522. The molecule has 0 aliphatic rings. The Morgan fingerprint density at radius 1 is 1.38 bits per heavy atom. The number of rotatable bonds is 4. The second kappa shape index (κ2) is 5.07. The van der Waals surface area contributed by atoms with Gasteiger partial charge in [0.25, 0.3) is 0 Å². The van der Waals surface area contributed by atoms with Crippen LogP contribution in [0.25, 0.3) is 10.9 Å². The van der Waals surface area contributed by atoms with Crippen molar-refractivity contribution < 1.29 is 0 Å². The molecule has 0 bridgehead atoms. The Hall–Kier alpha value is -1.43. The van der Waals surface area contributed by atoms with Gasteiger partial charge >= 0.3 is 0 Å². The molecular weight excluding hydrogens is 220 g/mol. The minimum absolute atomic E-state index is 0.611. The normalized spacial score (nSPS) is 10.5. The van der Waals surface area contributed by atoms with E-state index in [1.54, 1.807) is 0 Å². The van der Waals surface area contributed by atoms with Gasteiger partial charge in [-0.05, 0) is 23.6 Å². The van der Waals surface area contributed by atoms with Gasteiger partial charge < -0.3 is 9.88 Å². The third kappa shape index (κ3) is 2.38. The van der Waals surface area contributed by atoms with E-state index in [1.165, 1.54) is 5.39 Å². The number of fused-ring (bicyclic) bond motifs is 1. The lowest BCUT2D eigenvalue weighted by Gasteiger charge is -2.05. The Labute approximate surface area is 100 Å². The molecule has 0 aliphatic carbocycles. The number of terminal acetylenes is 1. The molecule has 3 heteroatoms. The zero-order valence-corrected chi connectivity index (χ0v) is 9.67. The van der Waals surface area contributed by atoms with Crippen molar-refractivity contribution in [2.75, 3.05) is 13.1 Å². The molecule has 0 fully saturated rings. The van der Waals surface area contributed by atoms with Crippen LogP contribution in [0.1, 0.15) is 0 Å². The quantitative estimate of drug-likeness (QED) is 0.633. The van der Waals surface area contributed by atoms with Gasteiger partial charge in [0.15, 0.2) is 0 Å². The van der Waals surface area contributed by atoms with Crippen molar-refractivity contribution in [3.05, 3.63) is 35.5 Å². The molecule has 0 aliphatic heterocycles. The van der Waals surface area contributed by atoms with Crippen molar-refractivity contribution in [3.63, 3.8) is 0 Å². The third-order valence-electron chi connectivity index (χ3n) is 2.49. The summed E-state index contributed by atoms with van der Waals surface area (Å²) in [6, 6.07) is 8.01. The van der Waals surface area contributed by atoms with Gasteiger partial charge in [0, 0.05) is 29.8 Å². The molecule has 0 saturated heterocycles. The van der Waals surface area contributed by atoms with Gasteiger partial charge in [0.1, 0.15) is 0 Å². The van der Waals surface area contributed by atoms with E-state index < -0.39 is 0 Å². The summed E-state index contributed by atoms with van der Waals surface area (Å²) < 4.78 is 2.17. The topological polar surface area (TPSA) is 17.0 Å². The summed E-state index contributed by atoms with van der Waals surface area (Å²) in [5, 5.41) is 5.14. The Balaban J connectivity index is 2.12. The maximum Gasteiger partial charge on any atom is 0.0574 e. The fourth-order valence-corrected chi connectivity index (χ4v) is 1.88. The molecule has 16 heavy (non-hydrogen) atoms. The maximum atomic E-state index is 5.98. The average molecular weight is 233 g/mol. The lowest BCUT2D eigenvalue weighted by Crippen LogP contribution is -2.19. The van der Waals surface area contributed by atoms with Crippen LogP contribution >= 0.6 is 11.6 Å². The molecule has 1 aromatic carbocycles. The van der Waals surface area contributed by atoms with Gasteiger partial charge in [0.2, 0.25) is 0 Å². The molecule has 82 valence electrons. The summed E-state index contributed by atoms with van der Waals surface area (Å²) in [4.78, 5) is 0. The highest BCUT2D eigenvalue weighted by atomic mass is 35.5. The van der Waals surface area contributed by atoms with Crippen LogP contribution in [-0.4, -0.2) is 17.7 Å². The monoisotopic (exact) mass is 232 g/mol. The zero-order chi connectivity index (χ0) is 11.4. The van der Waals surface area contributed by atoms with Crippen molar-refractivity contribution >= 4 is 22.5 Å². The molecule has 0 spiro atoms. The van der Waals surface area contributed by atoms with Gasteiger partial charge in [-0.15, -0.1) is 6.42 Å². The van der Waals surface area contributed by atoms with Crippen LogP contribution in [0.5, 0.6) is 0 Å². The van der Waals surface area contributed by atoms with E-state index in [4.69, 9.17) is 18.0 Å². The molecule has 2 rings (SSSR count). The molecule has 1 N–H and O–H groups in total. The van der Waals surface area contributed by atoms with Crippen LogP contribution in [0.4, 0.5) is 0 Å². The fourth-order valence-electron chi connectivity index (χ4n) is 1.71. The van der Waals surface area contributed by atoms with Gasteiger partial charge in [-0.2, -0.15) is 0 Å². The second-order valence-corrected chi connectivity index (χ2v) is 4.03. The molecule has 1 aromatic heterocycles. The minimum Gasteiger partial charge on any atom is -0.346 e. The summed E-state index contributed by atoms with van der Waals surface area (Å²) in [5.41, 5.74) is 1.16. The molecule has 0 amide bonds. The lowest BCUT2D eigenvalue weighted by molar-refractivity contribution is 0.644. The first kappa shape index (κ1) is 11.1. The molecule has 0 atom stereocenters. The Kier molecular flexibility index (Phi) is 3.51. The van der Waals surface area contributed by atoms with Crippen LogP contribution in [0, 0.1) is 12.3 Å². The van der Waals surface area contributed by atoms with Crippen molar-refractivity contribution in [1.29, 1.82) is 0 Å². The van der Waals surface area contributed by atoms with E-state index in [9.17, 15) is 0 Å². The molecule has 2 aromatic rings. The molecule has 0 saturated carbocycles. The highest BCUT2D eigenvalue weighted by Gasteiger charge is 2.00. The van der Waals surface area contributed by atoms with Crippen molar-refractivity contribution in [2.24, 2.45) is 0 Å². The van der Waals surface area contributed by atoms with Gasteiger partial charge in [-0.3, -0.25) is 0 Å². The number of benzene rings is 1. The summed E-state index contributed by atoms with van der Waals surface area (Å²) in [7, 11) is 0. The van der Waals surface area contributed by atoms with E-state index in [-0.39, 0.29) is 0 Å². The van der Waals surface area contributed by atoms with E-state index in [0.717, 1.165) is 23.6 Å². The first-order chi connectivity index (χ1) is 7.81. The van der Waals surface area contributed by atoms with Gasteiger partial charge in [0.05, 0.1) is 6.54 Å². The number of halogens is 1. The smallest absolute Gasteiger partial charge is 0.0574 e. The van der Waals surface area contributed by atoms with Crippen molar-refractivity contribution in [2.45, 2.75) is 6.54 Å². The lowest BCUT2D eigenvalue weighted by atomic mass is 10.2. The molecule has 1 heterocycles. The van der Waals surface area contributed by atoms with Crippen molar-refractivity contribution in [3.8, 4) is 12.3 Å². The van der Waals surface area contributed by atoms with Crippen LogP contribution in [0.15, 0.2) is 30.5 Å². The summed E-state index contributed by atoms with van der Waals surface area (Å²) in [5.74, 6) is 2.55. The molecule has 2 nitrogen and oxygen atoms in total. The molecule has 0 unspecified atom stereocenters. The van der Waals surface area contributed by atoms with Gasteiger partial charge in [-0.1, -0.05) is 23.6 Å². The minimum atomic E-state index is 0.611. The number of hydrogen-bond donors (Lipinski definition) is 1. The summed E-state index contributed by atoms with van der Waals surface area (Å²) >= 11 is 5.98. The predicted molar refractivity (Wildman–Crippen MR) is 68.7 cm³/mol. The zero-order valence-electron chi connectivity index (χ0n) is 8.91. The summed E-state index contributed by atoms with van der Waals surface area (Å²) in [6.45, 7) is 2.37. The van der Waals surface area contributed by atoms with Gasteiger partial charge in [-0.25, -0.2) is 0 Å². The third-order valence-corrected chi connectivity index (χ3v) is 2.73. The van der Waals surface area contributed by atoms with Crippen LogP contribution < -0.4 is 5.32 Å². The van der Waals surface area contributed by atoms with Crippen LogP contribution in [-0.2, 0) is 6.54 Å². The van der Waals surface area contributed by atoms with E-state index in [2.05, 4.69) is 28.1 Å². The second-order valence-electron chi connectivity index (χ2n) is 3.59. The highest BCUT2D eigenvalue weighted by molar-refractivity contribution is 6.31. The fraction of sp³-hybridized carbons (Fsp3) is 0.231. The SMILES string of the molecule is C#CCNCCn1ccc2ccc(Cl)cc21. The largest absolute Gasteiger partial charge is 0.346 e. The Morgan fingerprint density at radius 2 is 2.25 bits per heavy atom. The number of nitrogens with one attached hydrogen (secondary N) is 1. The highest BCUT2D eigenvalue weighted by Crippen LogP contribution is 2.20. The van der Waals surface area contributed by atoms with E-state index >= 15 is 0 Å². The number of aromatic nitrogens is 1. The summed E-state index contributed by atoms with van der Waals surface area (Å²) in [6.07, 6.45) is 7.23. The molecule has 0 radical (unpaired) electrons. The van der Waals surface area contributed by atoms with Crippen LogP contribution in [0.3, 0.4) is 0 Å². The number of nitrogens with zero attached hydrogens (tertiary/aromatic N) is 1.